The fourth-order valence-electron chi connectivity index (χ4n) is 2.41. The maximum atomic E-state index is 5.86. The van der Waals surface area contributed by atoms with Gasteiger partial charge in [0.1, 0.15) is 0 Å². The van der Waals surface area contributed by atoms with Crippen molar-refractivity contribution < 1.29 is 8.85 Å². The molecule has 3 heterocycles. The third-order valence-corrected chi connectivity index (χ3v) is 7.72. The quantitative estimate of drug-likeness (QED) is 0.584. The first-order valence-corrected chi connectivity index (χ1v) is 9.37. The largest absolute Gasteiger partial charge is 0.394 e. The van der Waals surface area contributed by atoms with Crippen molar-refractivity contribution in [3.05, 3.63) is 5.28 Å². The minimum atomic E-state index is -1.72. The van der Waals surface area contributed by atoms with Gasteiger partial charge in [-0.25, -0.2) is 0 Å². The van der Waals surface area contributed by atoms with E-state index in [4.69, 9.17) is 20.5 Å². The van der Waals surface area contributed by atoms with Gasteiger partial charge in [0.05, 0.1) is 0 Å². The molecule has 2 saturated heterocycles. The summed E-state index contributed by atoms with van der Waals surface area (Å²) in [6, 6.07) is 1.03. The van der Waals surface area contributed by atoms with Gasteiger partial charge in [0.15, 0.2) is 0 Å². The predicted octanol–water partition coefficient (Wildman–Crippen LogP) is 1.63. The zero-order valence-electron chi connectivity index (χ0n) is 11.4. The van der Waals surface area contributed by atoms with Crippen LogP contribution in [0.1, 0.15) is 13.3 Å². The first kappa shape index (κ1) is 14.0. The summed E-state index contributed by atoms with van der Waals surface area (Å²) in [6.45, 7) is 5.29. The molecular formula is C11H18ClN5O2Si. The maximum Gasteiger partial charge on any atom is 0.346 e. The summed E-state index contributed by atoms with van der Waals surface area (Å²) in [4.78, 5) is 12.3. The number of hydrogen-bond acceptors (Lipinski definition) is 7. The second-order valence-electron chi connectivity index (χ2n) is 4.94. The van der Waals surface area contributed by atoms with Gasteiger partial charge in [-0.1, -0.05) is 0 Å². The van der Waals surface area contributed by atoms with Gasteiger partial charge < -0.3 is 19.5 Å². The average Bonchev–Trinajstić information content (AvgIpc) is 2.40. The minimum absolute atomic E-state index is 0.191. The molecule has 0 atom stereocenters. The highest BCUT2D eigenvalue weighted by Gasteiger charge is 2.61. The second-order valence-corrected chi connectivity index (χ2v) is 8.80. The first-order valence-electron chi connectivity index (χ1n) is 6.89. The van der Waals surface area contributed by atoms with Crippen molar-refractivity contribution in [2.45, 2.75) is 24.9 Å². The Hall–Kier alpha value is -0.963. The summed E-state index contributed by atoms with van der Waals surface area (Å²) in [5.74, 6) is 0.994. The molecule has 0 unspecified atom stereocenters. The highest BCUT2D eigenvalue weighted by Crippen LogP contribution is 2.47. The first-order chi connectivity index (χ1) is 9.72. The van der Waals surface area contributed by atoms with Crippen molar-refractivity contribution in [1.29, 1.82) is 0 Å². The molecule has 0 saturated carbocycles. The van der Waals surface area contributed by atoms with Crippen LogP contribution in [-0.4, -0.2) is 49.8 Å². The average molecular weight is 316 g/mol. The van der Waals surface area contributed by atoms with Crippen molar-refractivity contribution in [2.24, 2.45) is 0 Å². The number of aromatic nitrogens is 3. The van der Waals surface area contributed by atoms with E-state index in [9.17, 15) is 0 Å². The summed E-state index contributed by atoms with van der Waals surface area (Å²) in [5.41, 5.74) is 0.731. The summed E-state index contributed by atoms with van der Waals surface area (Å²) in [7, 11) is -1.72. The van der Waals surface area contributed by atoms with Gasteiger partial charge in [0.2, 0.25) is 17.2 Å². The lowest BCUT2D eigenvalue weighted by molar-refractivity contribution is 0.00250. The number of fused-ring (bicyclic) bond motifs is 1. The van der Waals surface area contributed by atoms with Crippen LogP contribution in [0, 0.1) is 0 Å². The topological polar surface area (TPSA) is 81.2 Å². The predicted molar refractivity (Wildman–Crippen MR) is 78.3 cm³/mol. The highest BCUT2D eigenvalue weighted by atomic mass is 35.5. The summed E-state index contributed by atoms with van der Waals surface area (Å²) in [6.07, 6.45) is 0.989. The van der Waals surface area contributed by atoms with Crippen molar-refractivity contribution in [2.75, 3.05) is 36.9 Å². The Morgan fingerprint density at radius 1 is 1.20 bits per heavy atom. The molecule has 9 heteroatoms. The molecule has 0 aromatic carbocycles. The van der Waals surface area contributed by atoms with E-state index < -0.39 is 8.56 Å². The van der Waals surface area contributed by atoms with Gasteiger partial charge in [-0.2, -0.15) is 15.0 Å². The smallest absolute Gasteiger partial charge is 0.346 e. The van der Waals surface area contributed by atoms with Crippen molar-refractivity contribution in [1.82, 2.24) is 15.0 Å². The van der Waals surface area contributed by atoms with Gasteiger partial charge >= 0.3 is 8.56 Å². The molecule has 1 aromatic heterocycles. The van der Waals surface area contributed by atoms with Crippen LogP contribution in [0.15, 0.2) is 0 Å². The summed E-state index contributed by atoms with van der Waals surface area (Å²) in [5, 5.41) is 6.38. The molecule has 2 aliphatic heterocycles. The van der Waals surface area contributed by atoms with Gasteiger partial charge in [0.25, 0.3) is 0 Å². The van der Waals surface area contributed by atoms with Crippen LogP contribution >= 0.6 is 11.6 Å². The summed E-state index contributed by atoms with van der Waals surface area (Å²) >= 11 is 5.86. The van der Waals surface area contributed by atoms with E-state index in [0.717, 1.165) is 44.3 Å². The lowest BCUT2D eigenvalue weighted by Crippen LogP contribution is -2.67. The van der Waals surface area contributed by atoms with Crippen LogP contribution in [0.4, 0.5) is 11.9 Å². The molecule has 0 bridgehead atoms. The second kappa shape index (κ2) is 5.80. The van der Waals surface area contributed by atoms with E-state index in [1.165, 1.54) is 0 Å². The molecule has 0 spiro atoms. The molecule has 7 nitrogen and oxygen atoms in total. The molecule has 3 rings (SSSR count). The molecule has 0 amide bonds. The molecule has 0 radical (unpaired) electrons. The fourth-order valence-corrected chi connectivity index (χ4v) is 5.57. The third kappa shape index (κ3) is 2.73. The fraction of sp³-hybridized carbons (Fsp3) is 0.727. The Morgan fingerprint density at radius 3 is 2.45 bits per heavy atom. The van der Waals surface area contributed by atoms with Crippen LogP contribution in [0.25, 0.3) is 0 Å². The normalized spacial score (nSPS) is 27.2. The van der Waals surface area contributed by atoms with Crippen LogP contribution in [0.3, 0.4) is 0 Å². The van der Waals surface area contributed by atoms with Gasteiger partial charge in [0, 0.05) is 31.8 Å². The van der Waals surface area contributed by atoms with Crippen LogP contribution in [0.2, 0.25) is 16.9 Å². The molecular weight excluding hydrogens is 298 g/mol. The van der Waals surface area contributed by atoms with Crippen LogP contribution in [0.5, 0.6) is 0 Å². The Labute approximate surface area is 123 Å². The SMILES string of the molecule is CCNc1nc(Cl)nc(NCCC[Si]23OCC2CO3)n1. The monoisotopic (exact) mass is 315 g/mol. The molecule has 2 fully saturated rings. The number of nitrogens with one attached hydrogen (secondary N) is 2. The number of nitrogens with zero attached hydrogens (tertiary/aromatic N) is 3. The van der Waals surface area contributed by atoms with Crippen molar-refractivity contribution in [3.63, 3.8) is 0 Å². The van der Waals surface area contributed by atoms with Gasteiger partial charge in [-0.05, 0) is 31.0 Å². The van der Waals surface area contributed by atoms with E-state index >= 15 is 0 Å². The van der Waals surface area contributed by atoms with E-state index in [1.807, 2.05) is 6.92 Å². The lowest BCUT2D eigenvalue weighted by Gasteiger charge is -2.54. The highest BCUT2D eigenvalue weighted by molar-refractivity contribution is 6.73. The minimum Gasteiger partial charge on any atom is -0.394 e. The molecule has 0 aliphatic carbocycles. The Bertz CT molecular complexity index is 484. The van der Waals surface area contributed by atoms with Crippen LogP contribution < -0.4 is 10.6 Å². The van der Waals surface area contributed by atoms with Crippen molar-refractivity contribution in [3.8, 4) is 0 Å². The third-order valence-electron chi connectivity index (χ3n) is 3.61. The van der Waals surface area contributed by atoms with E-state index in [0.29, 0.717) is 11.9 Å². The van der Waals surface area contributed by atoms with E-state index in [-0.39, 0.29) is 5.28 Å². The molecule has 1 aromatic rings. The zero-order chi connectivity index (χ0) is 14.0. The van der Waals surface area contributed by atoms with Gasteiger partial charge in [-0.3, -0.25) is 0 Å². The molecule has 20 heavy (non-hydrogen) atoms. The number of halogens is 1. The molecule has 2 aliphatic rings. The summed E-state index contributed by atoms with van der Waals surface area (Å²) < 4.78 is 11.3. The van der Waals surface area contributed by atoms with Gasteiger partial charge in [-0.15, -0.1) is 0 Å². The lowest BCUT2D eigenvalue weighted by atomic mass is 10.4. The van der Waals surface area contributed by atoms with E-state index in [2.05, 4.69) is 25.6 Å². The van der Waals surface area contributed by atoms with E-state index in [1.54, 1.807) is 0 Å². The Kier molecular flexibility index (Phi) is 4.06. The molecule has 2 N–H and O–H groups in total. The van der Waals surface area contributed by atoms with Crippen LogP contribution in [-0.2, 0) is 8.85 Å². The number of rotatable bonds is 7. The Morgan fingerprint density at radius 2 is 1.90 bits per heavy atom. The standard InChI is InChI=1S/C11H18ClN5O2Si/c1-2-13-10-15-9(12)16-11(17-10)14-4-3-5-20-8(6-18-20)7-19-20/h8H,2-7H2,1H3,(H2,13,14,15,16,17). The number of hydrogen-bond donors (Lipinski definition) is 2. The maximum absolute atomic E-state index is 5.86. The number of anilines is 2. The zero-order valence-corrected chi connectivity index (χ0v) is 13.1. The molecule has 110 valence electrons. The van der Waals surface area contributed by atoms with Crippen molar-refractivity contribution >= 4 is 32.1 Å². The Balaban J connectivity index is 1.46.